The van der Waals surface area contributed by atoms with Crippen LogP contribution in [-0.4, -0.2) is 36.4 Å². The molecule has 184 valence electrons. The summed E-state index contributed by atoms with van der Waals surface area (Å²) in [5.74, 6) is -1.05. The number of thiazole rings is 1. The number of hydrogen-bond donors (Lipinski definition) is 1. The molecule has 0 spiro atoms. The van der Waals surface area contributed by atoms with E-state index in [1.54, 1.807) is 16.8 Å². The first-order valence-electron chi connectivity index (χ1n) is 11.4. The molecule has 0 aliphatic carbocycles. The molecule has 36 heavy (non-hydrogen) atoms. The number of ether oxygens (including phenoxy) is 1. The molecule has 0 saturated carbocycles. The Labute approximate surface area is 217 Å². The molecule has 3 heterocycles. The Bertz CT molecular complexity index is 1620. The van der Waals surface area contributed by atoms with E-state index >= 15 is 0 Å². The second-order valence-electron chi connectivity index (χ2n) is 9.71. The summed E-state index contributed by atoms with van der Waals surface area (Å²) in [6.07, 6.45) is 0.713. The van der Waals surface area contributed by atoms with Crippen molar-refractivity contribution < 1.29 is 14.6 Å². The number of hydrogen-bond acceptors (Lipinski definition) is 6. The topological polar surface area (TPSA) is 90.1 Å². The summed E-state index contributed by atoms with van der Waals surface area (Å²) in [5.41, 5.74) is 5.47. The van der Waals surface area contributed by atoms with Crippen molar-refractivity contribution in [1.29, 1.82) is 0 Å². The maximum Gasteiger partial charge on any atom is 0.337 e. The van der Waals surface area contributed by atoms with Gasteiger partial charge in [0.25, 0.3) is 0 Å². The molecular formula is C27H25ClN4O3S. The quantitative estimate of drug-likeness (QED) is 0.273. The predicted molar refractivity (Wildman–Crippen MR) is 144 cm³/mol. The number of pyridine rings is 1. The molecule has 2 aromatic carbocycles. The van der Waals surface area contributed by atoms with Gasteiger partial charge in [-0.2, -0.15) is 5.10 Å². The van der Waals surface area contributed by atoms with Gasteiger partial charge in [0.1, 0.15) is 16.0 Å². The van der Waals surface area contributed by atoms with E-state index in [9.17, 15) is 9.90 Å². The molecule has 0 bridgehead atoms. The number of aryl methyl sites for hydroxylation is 2. The van der Waals surface area contributed by atoms with Crippen molar-refractivity contribution in [2.75, 3.05) is 0 Å². The fourth-order valence-corrected chi connectivity index (χ4v) is 5.51. The van der Waals surface area contributed by atoms with Crippen molar-refractivity contribution in [2.45, 2.75) is 39.4 Å². The summed E-state index contributed by atoms with van der Waals surface area (Å²) in [4.78, 5) is 22.1. The van der Waals surface area contributed by atoms with Crippen LogP contribution in [0.25, 0.3) is 43.1 Å². The fraction of sp³-hybridized carbons (Fsp3) is 0.259. The maximum atomic E-state index is 12.5. The third kappa shape index (κ3) is 4.59. The second kappa shape index (κ2) is 8.96. The first kappa shape index (κ1) is 24.4. The molecule has 5 aromatic rings. The van der Waals surface area contributed by atoms with Crippen LogP contribution in [0.4, 0.5) is 0 Å². The van der Waals surface area contributed by atoms with Gasteiger partial charge in [-0.3, -0.25) is 4.68 Å². The van der Waals surface area contributed by atoms with Crippen LogP contribution >= 0.6 is 22.9 Å². The van der Waals surface area contributed by atoms with Crippen molar-refractivity contribution >= 4 is 50.2 Å². The van der Waals surface area contributed by atoms with Crippen LogP contribution in [0.2, 0.25) is 5.02 Å². The van der Waals surface area contributed by atoms with Gasteiger partial charge in [0.05, 0.1) is 27.7 Å². The lowest BCUT2D eigenvalue weighted by Crippen LogP contribution is -2.28. The molecule has 0 fully saturated rings. The van der Waals surface area contributed by atoms with Crippen LogP contribution in [0.1, 0.15) is 38.0 Å². The second-order valence-corrected chi connectivity index (χ2v) is 11.1. The molecular weight excluding hydrogens is 496 g/mol. The zero-order valence-electron chi connectivity index (χ0n) is 20.5. The number of aliphatic carboxylic acids is 1. The predicted octanol–water partition coefficient (Wildman–Crippen LogP) is 6.81. The highest BCUT2D eigenvalue weighted by Crippen LogP contribution is 2.44. The summed E-state index contributed by atoms with van der Waals surface area (Å²) in [5, 5.41) is 16.0. The van der Waals surface area contributed by atoms with Gasteiger partial charge in [0, 0.05) is 23.2 Å². The molecule has 1 atom stereocenters. The standard InChI is InChI=1S/C27H25ClN4O3S/c1-14-12-19-24(36-25(30-19)18-11-10-17-20(29-18)13-32(5)31-17)22(15-6-8-16(28)9-7-15)21(14)23(26(33)34)35-27(2,3)4/h6-13,23H,1-5H3,(H,33,34)/t23-/m0/s1. The van der Waals surface area contributed by atoms with Crippen molar-refractivity contribution in [2.24, 2.45) is 7.05 Å². The fourth-order valence-electron chi connectivity index (χ4n) is 4.29. The van der Waals surface area contributed by atoms with Crippen molar-refractivity contribution in [3.8, 4) is 21.8 Å². The number of benzene rings is 2. The van der Waals surface area contributed by atoms with Crippen molar-refractivity contribution in [1.82, 2.24) is 19.7 Å². The van der Waals surface area contributed by atoms with E-state index in [1.807, 2.05) is 71.3 Å². The van der Waals surface area contributed by atoms with Crippen LogP contribution in [0.5, 0.6) is 0 Å². The van der Waals surface area contributed by atoms with Gasteiger partial charge in [-0.15, -0.1) is 11.3 Å². The molecule has 5 rings (SSSR count). The van der Waals surface area contributed by atoms with Crippen LogP contribution in [0.15, 0.2) is 48.7 Å². The number of rotatable bonds is 5. The molecule has 0 aliphatic heterocycles. The van der Waals surface area contributed by atoms with Gasteiger partial charge in [-0.1, -0.05) is 23.7 Å². The van der Waals surface area contributed by atoms with Crippen molar-refractivity contribution in [3.05, 3.63) is 64.8 Å². The Kier molecular flexibility index (Phi) is 6.06. The molecule has 1 N–H and O–H groups in total. The highest BCUT2D eigenvalue weighted by Gasteiger charge is 2.32. The number of fused-ring (bicyclic) bond motifs is 2. The smallest absolute Gasteiger partial charge is 0.337 e. The van der Waals surface area contributed by atoms with Crippen LogP contribution in [-0.2, 0) is 16.6 Å². The first-order chi connectivity index (χ1) is 17.0. The number of carboxylic acid groups (broad SMARTS) is 1. The van der Waals surface area contributed by atoms with E-state index in [2.05, 4.69) is 5.10 Å². The molecule has 0 aliphatic rings. The molecule has 0 radical (unpaired) electrons. The van der Waals surface area contributed by atoms with E-state index in [0.717, 1.165) is 48.6 Å². The third-order valence-corrected chi connectivity index (χ3v) is 7.08. The normalized spacial score (nSPS) is 12.9. The average Bonchev–Trinajstić information content (AvgIpc) is 3.38. The maximum absolute atomic E-state index is 12.5. The minimum absolute atomic E-state index is 0.601. The minimum atomic E-state index is -1.16. The Morgan fingerprint density at radius 2 is 1.81 bits per heavy atom. The molecule has 0 saturated heterocycles. The van der Waals surface area contributed by atoms with Crippen LogP contribution in [0, 0.1) is 6.92 Å². The Balaban J connectivity index is 1.78. The summed E-state index contributed by atoms with van der Waals surface area (Å²) in [6.45, 7) is 7.45. The van der Waals surface area contributed by atoms with Gasteiger partial charge in [0.2, 0.25) is 0 Å². The lowest BCUT2D eigenvalue weighted by Gasteiger charge is -2.28. The monoisotopic (exact) mass is 520 g/mol. The number of nitrogens with zero attached hydrogens (tertiary/aromatic N) is 4. The minimum Gasteiger partial charge on any atom is -0.479 e. The summed E-state index contributed by atoms with van der Waals surface area (Å²) in [6, 6.07) is 13.2. The third-order valence-electron chi connectivity index (χ3n) is 5.71. The molecule has 0 unspecified atom stereocenters. The molecule has 3 aromatic heterocycles. The molecule has 9 heteroatoms. The highest BCUT2D eigenvalue weighted by molar-refractivity contribution is 7.22. The van der Waals surface area contributed by atoms with E-state index in [1.165, 1.54) is 11.3 Å². The number of aromatic nitrogens is 4. The van der Waals surface area contributed by atoms with Crippen LogP contribution < -0.4 is 0 Å². The lowest BCUT2D eigenvalue weighted by atomic mass is 9.91. The van der Waals surface area contributed by atoms with E-state index in [0.29, 0.717) is 10.6 Å². The van der Waals surface area contributed by atoms with E-state index in [-0.39, 0.29) is 0 Å². The van der Waals surface area contributed by atoms with Gasteiger partial charge in [-0.25, -0.2) is 14.8 Å². The number of carboxylic acids is 1. The Morgan fingerprint density at radius 1 is 1.08 bits per heavy atom. The van der Waals surface area contributed by atoms with Gasteiger partial charge < -0.3 is 9.84 Å². The van der Waals surface area contributed by atoms with E-state index in [4.69, 9.17) is 26.3 Å². The zero-order valence-corrected chi connectivity index (χ0v) is 22.1. The van der Waals surface area contributed by atoms with Gasteiger partial charge >= 0.3 is 5.97 Å². The SMILES string of the molecule is Cc1cc2nc(-c3ccc4nn(C)cc4n3)sc2c(-c2ccc(Cl)cc2)c1[C@H](OC(C)(C)C)C(=O)O. The van der Waals surface area contributed by atoms with E-state index < -0.39 is 17.7 Å². The molecule has 7 nitrogen and oxygen atoms in total. The first-order valence-corrected chi connectivity index (χ1v) is 12.6. The summed E-state index contributed by atoms with van der Waals surface area (Å²) in [7, 11) is 1.86. The van der Waals surface area contributed by atoms with Crippen LogP contribution in [0.3, 0.4) is 0 Å². The summed E-state index contributed by atoms with van der Waals surface area (Å²) < 4.78 is 8.68. The largest absolute Gasteiger partial charge is 0.479 e. The number of halogens is 1. The molecule has 0 amide bonds. The Hall–Kier alpha value is -3.33. The van der Waals surface area contributed by atoms with Gasteiger partial charge in [0.15, 0.2) is 6.10 Å². The van der Waals surface area contributed by atoms with Gasteiger partial charge in [-0.05, 0) is 69.2 Å². The average molecular weight is 521 g/mol. The van der Waals surface area contributed by atoms with Crippen molar-refractivity contribution in [3.63, 3.8) is 0 Å². The lowest BCUT2D eigenvalue weighted by molar-refractivity contribution is -0.160. The highest BCUT2D eigenvalue weighted by atomic mass is 35.5. The zero-order chi connectivity index (χ0) is 25.8. The summed E-state index contributed by atoms with van der Waals surface area (Å²) >= 11 is 7.66. The number of carbonyl (C=O) groups is 1. The Morgan fingerprint density at radius 3 is 2.47 bits per heavy atom.